The van der Waals surface area contributed by atoms with Crippen molar-refractivity contribution in [3.05, 3.63) is 0 Å². The van der Waals surface area contributed by atoms with Crippen LogP contribution in [0.5, 0.6) is 0 Å². The molecule has 0 radical (unpaired) electrons. The minimum atomic E-state index is 0. The van der Waals surface area contributed by atoms with Gasteiger partial charge in [-0.05, 0) is 13.8 Å². The fourth-order valence-corrected chi connectivity index (χ4v) is 0. The molecule has 0 amide bonds. The molecule has 0 aliphatic rings. The van der Waals surface area contributed by atoms with Gasteiger partial charge in [-0.15, -0.1) is 0 Å². The Hall–Kier alpha value is 0.600. The molecule has 3 heteroatoms. The van der Waals surface area contributed by atoms with E-state index in [-0.39, 0.29) is 18.6 Å². The van der Waals surface area contributed by atoms with Crippen molar-refractivity contribution in [2.45, 2.75) is 18.6 Å². The van der Waals surface area contributed by atoms with Gasteiger partial charge in [0.1, 0.15) is 0 Å². The lowest BCUT2D eigenvalue weighted by atomic mass is 10.2. The van der Waals surface area contributed by atoms with Crippen molar-refractivity contribution < 1.29 is 13.8 Å². The van der Waals surface area contributed by atoms with E-state index in [1.54, 1.807) is 0 Å². The van der Waals surface area contributed by atoms with Crippen LogP contribution in [-0.4, -0.2) is 11.3 Å². The number of nitrogens with two attached hydrogens (primary N) is 1. The molecule has 46 valence electrons. The van der Waals surface area contributed by atoms with Gasteiger partial charge in [0, 0.05) is 11.3 Å². The van der Waals surface area contributed by atoms with E-state index in [1.807, 2.05) is 13.8 Å². The highest BCUT2D eigenvalue weighted by atomic mass is 35.5. The third kappa shape index (κ3) is 10.8. The Kier molecular flexibility index (Phi) is 5.40. The zero-order valence-corrected chi connectivity index (χ0v) is 6.26. The minimum absolute atomic E-state index is 0. The van der Waals surface area contributed by atoms with E-state index in [1.165, 1.54) is 0 Å². The summed E-state index contributed by atoms with van der Waals surface area (Å²) in [7, 11) is 0. The molecule has 0 rings (SSSR count). The van der Waals surface area contributed by atoms with Gasteiger partial charge in [0.25, 0.3) is 0 Å². The van der Waals surface area contributed by atoms with Gasteiger partial charge in [0.15, 0.2) is 0 Å². The van der Waals surface area contributed by atoms with Gasteiger partial charge < -0.3 is 18.1 Å². The van der Waals surface area contributed by atoms with Crippen LogP contribution in [0.15, 0.2) is 0 Å². The van der Waals surface area contributed by atoms with Crippen LogP contribution in [0.2, 0.25) is 0 Å². The third-order valence-corrected chi connectivity index (χ3v) is 0.682. The Morgan fingerprint density at radius 1 is 1.71 bits per heavy atom. The van der Waals surface area contributed by atoms with E-state index in [0.29, 0.717) is 6.54 Å². The molecule has 0 spiro atoms. The second-order valence-corrected chi connectivity index (χ2v) is 3.23. The number of thiol groups is 1. The van der Waals surface area contributed by atoms with Crippen molar-refractivity contribution in [2.75, 3.05) is 6.54 Å². The first-order valence-electron chi connectivity index (χ1n) is 1.99. The van der Waals surface area contributed by atoms with E-state index < -0.39 is 0 Å². The Bertz CT molecular complexity index is 45.8. The molecule has 0 bridgehead atoms. The van der Waals surface area contributed by atoms with Crippen LogP contribution < -0.4 is 18.1 Å². The molecule has 0 fully saturated rings. The lowest BCUT2D eigenvalue weighted by Crippen LogP contribution is -3.00. The lowest BCUT2D eigenvalue weighted by molar-refractivity contribution is -0.00000153. The van der Waals surface area contributed by atoms with E-state index in [2.05, 4.69) is 12.6 Å². The molecule has 0 aliphatic heterocycles. The van der Waals surface area contributed by atoms with Crippen LogP contribution in [0.4, 0.5) is 0 Å². The van der Waals surface area contributed by atoms with E-state index in [4.69, 9.17) is 5.73 Å². The molecule has 0 saturated heterocycles. The normalized spacial score (nSPS) is 10.3. The van der Waals surface area contributed by atoms with Gasteiger partial charge >= 0.3 is 1.43 Å². The molecule has 0 aromatic heterocycles. The Morgan fingerprint density at radius 3 is 1.86 bits per heavy atom. The van der Waals surface area contributed by atoms with Crippen LogP contribution in [0, 0.1) is 0 Å². The number of hydrogen-bond donors (Lipinski definition) is 2. The van der Waals surface area contributed by atoms with Gasteiger partial charge in [0.05, 0.1) is 0 Å². The molecule has 0 heterocycles. The minimum Gasteiger partial charge on any atom is -1.00 e. The number of hydrogen-bond acceptors (Lipinski definition) is 2. The molecule has 2 N–H and O–H groups in total. The standard InChI is InChI=1S/C4H11NS.ClH/c1-4(2,6)3-5;/h6H,3,5H2,1-2H3;1H. The maximum atomic E-state index is 5.23. The zero-order valence-electron chi connectivity index (χ0n) is 5.61. The van der Waals surface area contributed by atoms with Crippen LogP contribution >= 0.6 is 12.6 Å². The molecule has 7 heavy (non-hydrogen) atoms. The highest BCUT2D eigenvalue weighted by Crippen LogP contribution is 2.06. The van der Waals surface area contributed by atoms with Gasteiger partial charge in [0.2, 0.25) is 0 Å². The monoisotopic (exact) mass is 141 g/mol. The molecule has 0 aliphatic carbocycles. The van der Waals surface area contributed by atoms with Crippen molar-refractivity contribution in [3.63, 3.8) is 0 Å². The topological polar surface area (TPSA) is 26.0 Å². The molecule has 0 atom stereocenters. The summed E-state index contributed by atoms with van der Waals surface area (Å²) in [4.78, 5) is 0. The van der Waals surface area contributed by atoms with Gasteiger partial charge in [-0.2, -0.15) is 12.6 Å². The van der Waals surface area contributed by atoms with Crippen LogP contribution in [-0.2, 0) is 0 Å². The van der Waals surface area contributed by atoms with Crippen molar-refractivity contribution in [1.82, 2.24) is 0 Å². The summed E-state index contributed by atoms with van der Waals surface area (Å²) in [6, 6.07) is 0. The summed E-state index contributed by atoms with van der Waals surface area (Å²) >= 11 is 4.13. The maximum Gasteiger partial charge on any atom is 1.00 e. The molecule has 0 aromatic carbocycles. The maximum absolute atomic E-state index is 5.23. The summed E-state index contributed by atoms with van der Waals surface area (Å²) in [6.45, 7) is 4.60. The zero-order chi connectivity index (χ0) is 5.21. The fourth-order valence-electron chi connectivity index (χ4n) is 0. The Labute approximate surface area is 58.0 Å². The lowest BCUT2D eigenvalue weighted by Gasteiger charge is -2.11. The van der Waals surface area contributed by atoms with Gasteiger partial charge in [-0.3, -0.25) is 0 Å². The van der Waals surface area contributed by atoms with Crippen molar-refractivity contribution in [2.24, 2.45) is 5.73 Å². The first-order chi connectivity index (χ1) is 2.56. The van der Waals surface area contributed by atoms with Crippen molar-refractivity contribution in [1.29, 1.82) is 0 Å². The second-order valence-electron chi connectivity index (χ2n) is 2.02. The molecule has 0 saturated carbocycles. The van der Waals surface area contributed by atoms with E-state index in [9.17, 15) is 0 Å². The Morgan fingerprint density at radius 2 is 1.86 bits per heavy atom. The van der Waals surface area contributed by atoms with Crippen LogP contribution in [0.25, 0.3) is 0 Å². The number of halogens is 1. The molecule has 0 unspecified atom stereocenters. The predicted octanol–water partition coefficient (Wildman–Crippen LogP) is -2.23. The third-order valence-electron chi connectivity index (χ3n) is 0.500. The molecule has 1 nitrogen and oxygen atoms in total. The first kappa shape index (κ1) is 10.6. The smallest absolute Gasteiger partial charge is 1.00 e. The van der Waals surface area contributed by atoms with Crippen LogP contribution in [0.3, 0.4) is 0 Å². The van der Waals surface area contributed by atoms with Crippen LogP contribution in [0.1, 0.15) is 15.3 Å². The van der Waals surface area contributed by atoms with Gasteiger partial charge in [-0.1, -0.05) is 0 Å². The first-order valence-corrected chi connectivity index (χ1v) is 2.43. The second kappa shape index (κ2) is 3.58. The summed E-state index contributed by atoms with van der Waals surface area (Å²) in [5, 5.41) is 0. The number of rotatable bonds is 1. The predicted molar refractivity (Wildman–Crippen MR) is 33.2 cm³/mol. The highest BCUT2D eigenvalue weighted by molar-refractivity contribution is 7.81. The Balaban J connectivity index is -0.000000125. The van der Waals surface area contributed by atoms with Crippen molar-refractivity contribution in [3.8, 4) is 0 Å². The molecule has 0 aromatic rings. The van der Waals surface area contributed by atoms with Gasteiger partial charge in [-0.25, -0.2) is 0 Å². The average molecular weight is 142 g/mol. The quantitative estimate of drug-likeness (QED) is 0.398. The highest BCUT2D eigenvalue weighted by Gasteiger charge is 2.05. The summed E-state index contributed by atoms with van der Waals surface area (Å²) < 4.78 is 0.0139. The summed E-state index contributed by atoms with van der Waals surface area (Å²) in [5.74, 6) is 0. The largest absolute Gasteiger partial charge is 1.00 e. The van der Waals surface area contributed by atoms with E-state index in [0.717, 1.165) is 0 Å². The van der Waals surface area contributed by atoms with Crippen molar-refractivity contribution >= 4 is 12.6 Å². The average Bonchev–Trinajstić information content (AvgIpc) is 1.35. The SMILES string of the molecule is CC(C)(S)CN.[Cl-].[H+]. The molecular formula is C4H12ClNS. The fraction of sp³-hybridized carbons (Fsp3) is 1.00. The summed E-state index contributed by atoms with van der Waals surface area (Å²) in [6.07, 6.45) is 0. The summed E-state index contributed by atoms with van der Waals surface area (Å²) in [5.41, 5.74) is 5.23. The molecular weight excluding hydrogens is 130 g/mol. The van der Waals surface area contributed by atoms with E-state index >= 15 is 0 Å².